The summed E-state index contributed by atoms with van der Waals surface area (Å²) in [4.78, 5) is 6.73. The smallest absolute Gasteiger partial charge is 0.225 e. The van der Waals surface area contributed by atoms with Gasteiger partial charge in [-0.25, -0.2) is 9.19 Å². The van der Waals surface area contributed by atoms with Gasteiger partial charge in [-0.15, -0.1) is 0 Å². The molecule has 1 unspecified atom stereocenters. The summed E-state index contributed by atoms with van der Waals surface area (Å²) < 4.78 is 30.5. The third-order valence-corrected chi connectivity index (χ3v) is 2.81. The molecule has 0 saturated heterocycles. The molecule has 6 nitrogen and oxygen atoms in total. The summed E-state index contributed by atoms with van der Waals surface area (Å²) in [7, 11) is 0. The third-order valence-electron chi connectivity index (χ3n) is 2.29. The molecule has 0 fully saturated rings. The Hall–Kier alpha value is -1.60. The number of ether oxygens (including phenoxy) is 2. The Bertz CT molecular complexity index is 537. The largest absolute Gasteiger partial charge is 0.486 e. The van der Waals surface area contributed by atoms with Crippen LogP contribution < -0.4 is 9.47 Å². The molecule has 0 bridgehead atoms. The average molecular weight is 240 g/mol. The first-order valence-corrected chi connectivity index (χ1v) is 5.75. The molecule has 1 aliphatic heterocycles. The Morgan fingerprint density at radius 3 is 2.69 bits per heavy atom. The zero-order chi connectivity index (χ0) is 11.1. The van der Waals surface area contributed by atoms with E-state index >= 15 is 0 Å². The lowest BCUT2D eigenvalue weighted by Gasteiger charge is -2.17. The minimum atomic E-state index is -2.11. The summed E-state index contributed by atoms with van der Waals surface area (Å²) in [5, 5.41) is 0.0253. The molecule has 1 aliphatic rings. The number of hydrogen-bond donors (Lipinski definition) is 2. The van der Waals surface area contributed by atoms with E-state index in [0.717, 1.165) is 0 Å². The zero-order valence-electron chi connectivity index (χ0n) is 8.10. The maximum atomic E-state index is 10.8. The van der Waals surface area contributed by atoms with Crippen molar-refractivity contribution >= 4 is 22.1 Å². The van der Waals surface area contributed by atoms with Crippen LogP contribution >= 0.6 is 0 Å². The van der Waals surface area contributed by atoms with Gasteiger partial charge in [0, 0.05) is 12.1 Å². The Morgan fingerprint density at radius 1 is 1.31 bits per heavy atom. The molecule has 84 valence electrons. The molecule has 2 heterocycles. The highest BCUT2D eigenvalue weighted by Gasteiger charge is 2.15. The Morgan fingerprint density at radius 2 is 2.00 bits per heavy atom. The molecular formula is C9H8N2O4S. The molecule has 0 amide bonds. The lowest BCUT2D eigenvalue weighted by Crippen LogP contribution is -2.15. The Labute approximate surface area is 92.9 Å². The van der Waals surface area contributed by atoms with Gasteiger partial charge in [0.15, 0.2) is 11.5 Å². The molecular weight excluding hydrogens is 232 g/mol. The number of benzene rings is 1. The van der Waals surface area contributed by atoms with Crippen molar-refractivity contribution in [3.05, 3.63) is 12.1 Å². The number of aromatic nitrogens is 2. The van der Waals surface area contributed by atoms with Gasteiger partial charge < -0.3 is 14.5 Å². The Balaban J connectivity index is 2.20. The first-order valence-electron chi connectivity index (χ1n) is 4.64. The van der Waals surface area contributed by atoms with Crippen molar-refractivity contribution in [1.82, 2.24) is 9.97 Å². The lowest BCUT2D eigenvalue weighted by atomic mass is 10.2. The summed E-state index contributed by atoms with van der Waals surface area (Å²) in [5.41, 5.74) is 1.24. The average Bonchev–Trinajstić information content (AvgIpc) is 2.68. The van der Waals surface area contributed by atoms with Crippen molar-refractivity contribution in [1.29, 1.82) is 0 Å². The van der Waals surface area contributed by atoms with E-state index < -0.39 is 11.1 Å². The van der Waals surface area contributed by atoms with Gasteiger partial charge in [-0.2, -0.15) is 0 Å². The van der Waals surface area contributed by atoms with Gasteiger partial charge in [0.05, 0.1) is 11.0 Å². The maximum absolute atomic E-state index is 10.8. The van der Waals surface area contributed by atoms with E-state index in [4.69, 9.17) is 14.0 Å². The highest BCUT2D eigenvalue weighted by atomic mass is 32.2. The second-order valence-electron chi connectivity index (χ2n) is 3.30. The van der Waals surface area contributed by atoms with E-state index in [1.54, 1.807) is 12.1 Å². The third kappa shape index (κ3) is 1.44. The zero-order valence-corrected chi connectivity index (χ0v) is 8.91. The number of nitrogens with one attached hydrogen (secondary N) is 1. The second-order valence-corrected chi connectivity index (χ2v) is 4.19. The predicted molar refractivity (Wildman–Crippen MR) is 56.1 cm³/mol. The molecule has 0 aliphatic carbocycles. The van der Waals surface area contributed by atoms with Gasteiger partial charge in [0.25, 0.3) is 0 Å². The molecule has 1 aromatic heterocycles. The number of fused-ring (bicyclic) bond motifs is 2. The van der Waals surface area contributed by atoms with Crippen molar-refractivity contribution in [2.75, 3.05) is 13.2 Å². The monoisotopic (exact) mass is 240 g/mol. The highest BCUT2D eigenvalue weighted by Crippen LogP contribution is 2.33. The van der Waals surface area contributed by atoms with Crippen LogP contribution in [-0.2, 0) is 11.1 Å². The van der Waals surface area contributed by atoms with Gasteiger partial charge in [-0.05, 0) is 0 Å². The van der Waals surface area contributed by atoms with Gasteiger partial charge >= 0.3 is 0 Å². The van der Waals surface area contributed by atoms with Crippen LogP contribution in [0.1, 0.15) is 0 Å². The van der Waals surface area contributed by atoms with Crippen molar-refractivity contribution in [2.45, 2.75) is 5.16 Å². The minimum absolute atomic E-state index is 0.0253. The molecule has 0 saturated carbocycles. The molecule has 16 heavy (non-hydrogen) atoms. The summed E-state index contributed by atoms with van der Waals surface area (Å²) in [6.45, 7) is 1.01. The number of H-pyrrole nitrogens is 1. The molecule has 0 radical (unpaired) electrons. The predicted octanol–water partition coefficient (Wildman–Crippen LogP) is 0.915. The number of imidazole rings is 1. The summed E-state index contributed by atoms with van der Waals surface area (Å²) in [5.74, 6) is 1.23. The number of hydrogen-bond acceptors (Lipinski definition) is 4. The first-order chi connectivity index (χ1) is 7.74. The van der Waals surface area contributed by atoms with E-state index in [0.29, 0.717) is 35.7 Å². The first kappa shape index (κ1) is 9.61. The van der Waals surface area contributed by atoms with E-state index in [1.165, 1.54) is 0 Å². The molecule has 0 spiro atoms. The highest BCUT2D eigenvalue weighted by molar-refractivity contribution is 7.79. The number of nitrogens with zero attached hydrogens (tertiary/aromatic N) is 1. The Kier molecular flexibility index (Phi) is 2.08. The van der Waals surface area contributed by atoms with Crippen LogP contribution in [0.2, 0.25) is 0 Å². The molecule has 2 N–H and O–H groups in total. The molecule has 3 rings (SSSR count). The van der Waals surface area contributed by atoms with Crippen LogP contribution in [-0.4, -0.2) is 31.9 Å². The van der Waals surface area contributed by atoms with Crippen LogP contribution in [0.4, 0.5) is 0 Å². The molecule has 7 heteroatoms. The van der Waals surface area contributed by atoms with Crippen LogP contribution in [0, 0.1) is 0 Å². The topological polar surface area (TPSA) is 84.4 Å². The molecule has 1 aromatic carbocycles. The van der Waals surface area contributed by atoms with Crippen molar-refractivity contribution in [3.63, 3.8) is 0 Å². The van der Waals surface area contributed by atoms with Crippen LogP contribution in [0.3, 0.4) is 0 Å². The van der Waals surface area contributed by atoms with Crippen LogP contribution in [0.5, 0.6) is 11.5 Å². The fourth-order valence-corrected chi connectivity index (χ4v) is 1.98. The van der Waals surface area contributed by atoms with E-state index in [2.05, 4.69) is 9.97 Å². The van der Waals surface area contributed by atoms with Gasteiger partial charge in [-0.3, -0.25) is 4.55 Å². The van der Waals surface area contributed by atoms with Crippen molar-refractivity contribution in [3.8, 4) is 11.5 Å². The van der Waals surface area contributed by atoms with Gasteiger partial charge in [0.1, 0.15) is 13.2 Å². The van der Waals surface area contributed by atoms with E-state index in [-0.39, 0.29) is 5.16 Å². The number of rotatable bonds is 1. The van der Waals surface area contributed by atoms with Gasteiger partial charge in [-0.1, -0.05) is 0 Å². The summed E-state index contributed by atoms with van der Waals surface area (Å²) in [6.07, 6.45) is 0. The number of aromatic amines is 1. The standard InChI is InChI=1S/C9H8N2O4S/c12-16(13)9-10-5-3-7-8(4-6(5)11-9)15-2-1-14-7/h3-4H,1-2H2,(H,10,11)(H,12,13). The van der Waals surface area contributed by atoms with E-state index in [9.17, 15) is 4.21 Å². The van der Waals surface area contributed by atoms with Crippen molar-refractivity contribution in [2.24, 2.45) is 0 Å². The SMILES string of the molecule is O=S(O)c1nc2cc3c(cc2[nH]1)OCCO3. The van der Waals surface area contributed by atoms with Crippen molar-refractivity contribution < 1.29 is 18.2 Å². The molecule has 2 aromatic rings. The van der Waals surface area contributed by atoms with Crippen LogP contribution in [0.25, 0.3) is 11.0 Å². The lowest BCUT2D eigenvalue weighted by molar-refractivity contribution is 0.172. The summed E-state index contributed by atoms with van der Waals surface area (Å²) >= 11 is -2.11. The fraction of sp³-hybridized carbons (Fsp3) is 0.222. The maximum Gasteiger partial charge on any atom is 0.225 e. The molecule has 1 atom stereocenters. The van der Waals surface area contributed by atoms with Gasteiger partial charge in [0.2, 0.25) is 16.2 Å². The fourth-order valence-electron chi connectivity index (χ4n) is 1.61. The summed E-state index contributed by atoms with van der Waals surface area (Å²) in [6, 6.07) is 3.41. The minimum Gasteiger partial charge on any atom is -0.486 e. The van der Waals surface area contributed by atoms with E-state index in [1.807, 2.05) is 0 Å². The quantitative estimate of drug-likeness (QED) is 0.724. The normalized spacial score (nSPS) is 16.3. The second kappa shape index (κ2) is 3.46. The van der Waals surface area contributed by atoms with Crippen LogP contribution in [0.15, 0.2) is 17.3 Å².